The van der Waals surface area contributed by atoms with Crippen LogP contribution >= 0.6 is 0 Å². The van der Waals surface area contributed by atoms with Gasteiger partial charge < -0.3 is 5.32 Å². The maximum Gasteiger partial charge on any atom is 0.218 e. The molecule has 0 atom stereocenters. The number of halogens is 1. The van der Waals surface area contributed by atoms with Crippen molar-refractivity contribution >= 4 is 26.7 Å². The third-order valence-electron chi connectivity index (χ3n) is 5.31. The van der Waals surface area contributed by atoms with Crippen LogP contribution in [0.15, 0.2) is 73.1 Å². The molecule has 0 bridgehead atoms. The predicted octanol–water partition coefficient (Wildman–Crippen LogP) is 4.44. The van der Waals surface area contributed by atoms with Gasteiger partial charge in [-0.2, -0.15) is 0 Å². The molecule has 4 rings (SSSR count). The van der Waals surface area contributed by atoms with Crippen molar-refractivity contribution in [2.45, 2.75) is 12.3 Å². The number of nitrogens with one attached hydrogen (secondary N) is 1. The molecule has 32 heavy (non-hydrogen) atoms. The Kier molecular flexibility index (Phi) is 6.16. The Morgan fingerprint density at radius 1 is 0.969 bits per heavy atom. The average molecular weight is 451 g/mol. The number of benzene rings is 3. The molecule has 1 heterocycles. The van der Waals surface area contributed by atoms with Crippen LogP contribution in [0.2, 0.25) is 0 Å². The van der Waals surface area contributed by atoms with Crippen LogP contribution in [0.4, 0.5) is 10.2 Å². The Bertz CT molecular complexity index is 1360. The van der Waals surface area contributed by atoms with Crippen LogP contribution in [-0.4, -0.2) is 36.8 Å². The Balaban J connectivity index is 1.62. The SMILES string of the molecule is CNc1ncnc2ccc(-c3ccc(F)c(CN(C)S(=O)(=O)Cc4ccccc4)c3)cc12. The van der Waals surface area contributed by atoms with Crippen LogP contribution in [0.1, 0.15) is 11.1 Å². The lowest BCUT2D eigenvalue weighted by Gasteiger charge is -2.18. The average Bonchev–Trinajstić information content (AvgIpc) is 2.80. The Labute approximate surface area is 186 Å². The first-order valence-corrected chi connectivity index (χ1v) is 11.7. The van der Waals surface area contributed by atoms with Crippen molar-refractivity contribution in [2.24, 2.45) is 0 Å². The highest BCUT2D eigenvalue weighted by Gasteiger charge is 2.20. The van der Waals surface area contributed by atoms with Crippen molar-refractivity contribution < 1.29 is 12.8 Å². The van der Waals surface area contributed by atoms with E-state index in [-0.39, 0.29) is 12.3 Å². The summed E-state index contributed by atoms with van der Waals surface area (Å²) in [6, 6.07) is 19.4. The first-order valence-electron chi connectivity index (χ1n) is 10.1. The lowest BCUT2D eigenvalue weighted by molar-refractivity contribution is 0.455. The van der Waals surface area contributed by atoms with Crippen molar-refractivity contribution in [3.8, 4) is 11.1 Å². The summed E-state index contributed by atoms with van der Waals surface area (Å²) in [4.78, 5) is 8.51. The maximum absolute atomic E-state index is 14.6. The van der Waals surface area contributed by atoms with Gasteiger partial charge in [-0.15, -0.1) is 0 Å². The van der Waals surface area contributed by atoms with E-state index in [0.29, 0.717) is 16.9 Å². The number of hydrogen-bond donors (Lipinski definition) is 1. The number of anilines is 1. The molecule has 0 aliphatic heterocycles. The quantitative estimate of drug-likeness (QED) is 0.451. The van der Waals surface area contributed by atoms with Gasteiger partial charge in [0.1, 0.15) is 18.0 Å². The van der Waals surface area contributed by atoms with Gasteiger partial charge in [-0.1, -0.05) is 42.5 Å². The molecule has 0 saturated heterocycles. The van der Waals surface area contributed by atoms with Crippen LogP contribution in [0.5, 0.6) is 0 Å². The molecule has 3 aromatic carbocycles. The van der Waals surface area contributed by atoms with E-state index in [2.05, 4.69) is 15.3 Å². The lowest BCUT2D eigenvalue weighted by atomic mass is 10.0. The number of rotatable bonds is 7. The Morgan fingerprint density at radius 2 is 1.69 bits per heavy atom. The van der Waals surface area contributed by atoms with Crippen molar-refractivity contribution in [3.05, 3.63) is 90.0 Å². The summed E-state index contributed by atoms with van der Waals surface area (Å²) >= 11 is 0. The second-order valence-corrected chi connectivity index (χ2v) is 9.58. The minimum absolute atomic E-state index is 0.0622. The van der Waals surface area contributed by atoms with Gasteiger partial charge >= 0.3 is 0 Å². The molecule has 0 saturated carbocycles. The van der Waals surface area contributed by atoms with E-state index in [1.54, 1.807) is 43.4 Å². The number of nitrogens with zero attached hydrogens (tertiary/aromatic N) is 3. The Hall–Kier alpha value is -3.36. The number of aromatic nitrogens is 2. The summed E-state index contributed by atoms with van der Waals surface area (Å²) in [5.74, 6) is 0.116. The molecule has 0 radical (unpaired) electrons. The van der Waals surface area contributed by atoms with Gasteiger partial charge in [0.2, 0.25) is 10.0 Å². The summed E-state index contributed by atoms with van der Waals surface area (Å²) in [5.41, 5.74) is 3.43. The van der Waals surface area contributed by atoms with Gasteiger partial charge in [0.05, 0.1) is 11.3 Å². The van der Waals surface area contributed by atoms with Crippen molar-refractivity contribution in [1.82, 2.24) is 14.3 Å². The van der Waals surface area contributed by atoms with E-state index in [0.717, 1.165) is 22.0 Å². The largest absolute Gasteiger partial charge is 0.373 e. The molecule has 8 heteroatoms. The van der Waals surface area contributed by atoms with Crippen LogP contribution in [-0.2, 0) is 22.3 Å². The lowest BCUT2D eigenvalue weighted by Crippen LogP contribution is -2.28. The van der Waals surface area contributed by atoms with Crippen molar-refractivity contribution in [2.75, 3.05) is 19.4 Å². The molecule has 0 aliphatic carbocycles. The van der Waals surface area contributed by atoms with Crippen LogP contribution in [0.25, 0.3) is 22.0 Å². The zero-order chi connectivity index (χ0) is 22.7. The fourth-order valence-corrected chi connectivity index (χ4v) is 4.71. The van der Waals surface area contributed by atoms with Crippen molar-refractivity contribution in [1.29, 1.82) is 0 Å². The predicted molar refractivity (Wildman–Crippen MR) is 125 cm³/mol. The third kappa shape index (κ3) is 4.61. The highest BCUT2D eigenvalue weighted by atomic mass is 32.2. The van der Waals surface area contributed by atoms with Crippen LogP contribution in [0, 0.1) is 5.82 Å². The minimum atomic E-state index is -3.60. The summed E-state index contributed by atoms with van der Waals surface area (Å²) < 4.78 is 41.3. The molecule has 1 aromatic heterocycles. The molecule has 1 N–H and O–H groups in total. The van der Waals surface area contributed by atoms with E-state index in [1.807, 2.05) is 24.3 Å². The molecule has 164 valence electrons. The molecular formula is C24H23FN4O2S. The summed E-state index contributed by atoms with van der Waals surface area (Å²) in [6.07, 6.45) is 1.50. The van der Waals surface area contributed by atoms with Gasteiger partial charge in [0.15, 0.2) is 0 Å². The summed E-state index contributed by atoms with van der Waals surface area (Å²) in [6.45, 7) is -0.0622. The maximum atomic E-state index is 14.6. The van der Waals surface area contributed by atoms with E-state index in [9.17, 15) is 12.8 Å². The molecule has 0 amide bonds. The smallest absolute Gasteiger partial charge is 0.218 e. The molecule has 0 unspecified atom stereocenters. The highest BCUT2D eigenvalue weighted by molar-refractivity contribution is 7.88. The van der Waals surface area contributed by atoms with Crippen molar-refractivity contribution in [3.63, 3.8) is 0 Å². The molecule has 0 spiro atoms. The highest BCUT2D eigenvalue weighted by Crippen LogP contribution is 2.28. The zero-order valence-corrected chi connectivity index (χ0v) is 18.6. The zero-order valence-electron chi connectivity index (χ0n) is 17.8. The van der Waals surface area contributed by atoms with Gasteiger partial charge in [-0.3, -0.25) is 0 Å². The van der Waals surface area contributed by atoms with Gasteiger partial charge in [-0.05, 0) is 41.0 Å². The first-order chi connectivity index (χ1) is 15.4. The first kappa shape index (κ1) is 21.9. The minimum Gasteiger partial charge on any atom is -0.373 e. The molecule has 6 nitrogen and oxygen atoms in total. The van der Waals surface area contributed by atoms with Crippen LogP contribution in [0.3, 0.4) is 0 Å². The third-order valence-corrected chi connectivity index (χ3v) is 7.09. The van der Waals surface area contributed by atoms with Gasteiger partial charge in [0, 0.05) is 31.6 Å². The topological polar surface area (TPSA) is 75.2 Å². The van der Waals surface area contributed by atoms with E-state index >= 15 is 0 Å². The number of hydrogen-bond acceptors (Lipinski definition) is 5. The molecule has 4 aromatic rings. The standard InChI is InChI=1S/C24H23FN4O2S/c1-26-24-21-13-19(9-11-23(21)27-16-28-24)18-8-10-22(25)20(12-18)14-29(2)32(30,31)15-17-6-4-3-5-7-17/h3-13,16H,14-15H2,1-2H3,(H,26,27,28). The normalized spacial score (nSPS) is 11.8. The fraction of sp³-hybridized carbons (Fsp3) is 0.167. The van der Waals surface area contributed by atoms with Gasteiger partial charge in [-0.25, -0.2) is 27.1 Å². The second kappa shape index (κ2) is 9.02. The van der Waals surface area contributed by atoms with E-state index < -0.39 is 15.8 Å². The number of fused-ring (bicyclic) bond motifs is 1. The summed E-state index contributed by atoms with van der Waals surface area (Å²) in [7, 11) is -0.345. The number of sulfonamides is 1. The second-order valence-electron chi connectivity index (χ2n) is 7.51. The molecule has 0 fully saturated rings. The van der Waals surface area contributed by atoms with Gasteiger partial charge in [0.25, 0.3) is 0 Å². The van der Waals surface area contributed by atoms with Crippen LogP contribution < -0.4 is 5.32 Å². The summed E-state index contributed by atoms with van der Waals surface area (Å²) in [5, 5.41) is 3.90. The Morgan fingerprint density at radius 3 is 2.44 bits per heavy atom. The van der Waals surface area contributed by atoms with E-state index in [1.165, 1.54) is 23.7 Å². The van der Waals surface area contributed by atoms with E-state index in [4.69, 9.17) is 0 Å². The molecule has 0 aliphatic rings. The molecular weight excluding hydrogens is 427 g/mol. The fourth-order valence-electron chi connectivity index (χ4n) is 3.54. The monoisotopic (exact) mass is 450 g/mol.